The minimum atomic E-state index is -3.87. The number of pyridine rings is 1. The standard InChI is InChI=1S/C32H35ClF2N6O6/c1-14-13-20(29(43)38-17-7-10-21-27(22(17)33)46-32(34,35)45-21)41-24(14)25(26(42)23-28(41)37-16(3)15(2)36-23)39-11-12-40(19-9-8-18(19)39)30(44)47-31(4,5)6/h7,10,14,18-20H,8-9,11-13H2,1-6H3,(H,38,43)/t14-,18-,19-,20+/m0/s1. The van der Waals surface area contributed by atoms with E-state index in [1.807, 2.05) is 27.7 Å². The van der Waals surface area contributed by atoms with E-state index < -0.39 is 23.8 Å². The molecule has 3 aliphatic heterocycles. The molecule has 1 saturated heterocycles. The smallest absolute Gasteiger partial charge is 0.444 e. The van der Waals surface area contributed by atoms with Crippen LogP contribution in [-0.4, -0.2) is 68.5 Å². The largest absolute Gasteiger partial charge is 0.586 e. The van der Waals surface area contributed by atoms with Gasteiger partial charge in [-0.3, -0.25) is 9.59 Å². The third-order valence-electron chi connectivity index (χ3n) is 9.38. The SMILES string of the molecule is Cc1nc2c(=O)c(N3CCN(C(=O)OC(C)(C)C)[C@H]4CC[C@@H]43)c3n(c2nc1C)[C@@H](C(=O)Nc1ccc2c(c1Cl)OC(F)(F)O2)C[C@@H]3C. The van der Waals surface area contributed by atoms with E-state index in [-0.39, 0.29) is 62.9 Å². The van der Waals surface area contributed by atoms with Crippen LogP contribution in [0.4, 0.5) is 25.0 Å². The van der Waals surface area contributed by atoms with E-state index in [0.717, 1.165) is 12.8 Å². The van der Waals surface area contributed by atoms with Crippen molar-refractivity contribution < 1.29 is 32.6 Å². The Kier molecular flexibility index (Phi) is 7.12. The van der Waals surface area contributed by atoms with Gasteiger partial charge in [0.1, 0.15) is 22.4 Å². The van der Waals surface area contributed by atoms with Crippen molar-refractivity contribution in [1.29, 1.82) is 0 Å². The normalized spacial score (nSPS) is 24.1. The van der Waals surface area contributed by atoms with Gasteiger partial charge in [0.2, 0.25) is 11.3 Å². The molecule has 2 fully saturated rings. The number of benzene rings is 1. The van der Waals surface area contributed by atoms with Crippen molar-refractivity contribution in [2.45, 2.75) is 96.7 Å². The molecule has 5 heterocycles. The first-order valence-electron chi connectivity index (χ1n) is 15.6. The van der Waals surface area contributed by atoms with Crippen molar-refractivity contribution >= 4 is 46.1 Å². The van der Waals surface area contributed by atoms with Crippen LogP contribution in [0.3, 0.4) is 0 Å². The molecule has 15 heteroatoms. The fraction of sp³-hybridized carbons (Fsp3) is 0.531. The van der Waals surface area contributed by atoms with E-state index in [1.165, 1.54) is 12.1 Å². The Hall–Kier alpha value is -4.20. The van der Waals surface area contributed by atoms with Gasteiger partial charge in [-0.05, 0) is 66.0 Å². The van der Waals surface area contributed by atoms with Gasteiger partial charge >= 0.3 is 12.4 Å². The monoisotopic (exact) mass is 672 g/mol. The Bertz CT molecular complexity index is 1910. The highest BCUT2D eigenvalue weighted by Gasteiger charge is 2.49. The summed E-state index contributed by atoms with van der Waals surface area (Å²) in [4.78, 5) is 54.7. The molecule has 4 atom stereocenters. The topological polar surface area (TPSA) is 128 Å². The molecule has 1 N–H and O–H groups in total. The van der Waals surface area contributed by atoms with Crippen LogP contribution in [0, 0.1) is 13.8 Å². The minimum absolute atomic E-state index is 0.0667. The molecule has 47 heavy (non-hydrogen) atoms. The fourth-order valence-corrected chi connectivity index (χ4v) is 7.31. The second kappa shape index (κ2) is 10.7. The maximum atomic E-state index is 14.4. The van der Waals surface area contributed by atoms with Crippen LogP contribution in [-0.2, 0) is 9.53 Å². The van der Waals surface area contributed by atoms with Crippen LogP contribution in [0.1, 0.15) is 76.0 Å². The molecule has 0 radical (unpaired) electrons. The summed E-state index contributed by atoms with van der Waals surface area (Å²) < 4.78 is 43.9. The average molecular weight is 673 g/mol. The van der Waals surface area contributed by atoms with Crippen molar-refractivity contribution in [1.82, 2.24) is 19.4 Å². The maximum Gasteiger partial charge on any atom is 0.586 e. The van der Waals surface area contributed by atoms with Crippen molar-refractivity contribution in [3.8, 4) is 11.5 Å². The van der Waals surface area contributed by atoms with E-state index in [4.69, 9.17) is 21.3 Å². The summed E-state index contributed by atoms with van der Waals surface area (Å²) >= 11 is 6.38. The molecule has 3 aromatic rings. The molecule has 0 unspecified atom stereocenters. The van der Waals surface area contributed by atoms with Gasteiger partial charge in [-0.15, -0.1) is 8.78 Å². The first-order chi connectivity index (χ1) is 22.0. The van der Waals surface area contributed by atoms with Gasteiger partial charge in [-0.2, -0.15) is 0 Å². The molecule has 250 valence electrons. The van der Waals surface area contributed by atoms with Gasteiger partial charge in [0.25, 0.3) is 0 Å². The number of aryl methyl sites for hydroxylation is 2. The predicted octanol–water partition coefficient (Wildman–Crippen LogP) is 5.66. The second-order valence-electron chi connectivity index (χ2n) is 13.6. The number of carbonyl (C=O) groups is 2. The van der Waals surface area contributed by atoms with Crippen LogP contribution in [0.25, 0.3) is 11.2 Å². The Labute approximate surface area is 273 Å². The molecule has 1 saturated carbocycles. The van der Waals surface area contributed by atoms with E-state index in [1.54, 1.807) is 23.3 Å². The number of aromatic nitrogens is 3. The lowest BCUT2D eigenvalue weighted by Crippen LogP contribution is -2.67. The zero-order chi connectivity index (χ0) is 33.7. The van der Waals surface area contributed by atoms with Gasteiger partial charge in [0, 0.05) is 25.0 Å². The van der Waals surface area contributed by atoms with Crippen molar-refractivity contribution in [2.75, 3.05) is 23.3 Å². The predicted molar refractivity (Wildman–Crippen MR) is 169 cm³/mol. The fourth-order valence-electron chi connectivity index (χ4n) is 7.07. The second-order valence-corrected chi connectivity index (χ2v) is 14.0. The molecular formula is C32H35ClF2N6O6. The number of amides is 2. The first-order valence-corrected chi connectivity index (χ1v) is 16.0. The molecule has 4 aliphatic rings. The Morgan fingerprint density at radius 3 is 2.47 bits per heavy atom. The summed E-state index contributed by atoms with van der Waals surface area (Å²) in [5, 5.41) is 2.54. The number of hydrogen-bond donors (Lipinski definition) is 1. The zero-order valence-corrected chi connectivity index (χ0v) is 27.6. The number of anilines is 2. The summed E-state index contributed by atoms with van der Waals surface area (Å²) in [7, 11) is 0. The number of carbonyl (C=O) groups excluding carboxylic acids is 2. The number of ether oxygens (including phenoxy) is 3. The number of piperazine rings is 1. The summed E-state index contributed by atoms with van der Waals surface area (Å²) in [5.41, 5.74) is 1.91. The lowest BCUT2D eigenvalue weighted by atomic mass is 9.81. The molecule has 12 nitrogen and oxygen atoms in total. The van der Waals surface area contributed by atoms with E-state index >= 15 is 0 Å². The van der Waals surface area contributed by atoms with Crippen LogP contribution in [0.15, 0.2) is 16.9 Å². The van der Waals surface area contributed by atoms with Crippen molar-refractivity contribution in [2.24, 2.45) is 0 Å². The average Bonchev–Trinajstić information content (AvgIpc) is 3.47. The molecular weight excluding hydrogens is 638 g/mol. The van der Waals surface area contributed by atoms with Gasteiger partial charge in [-0.25, -0.2) is 14.8 Å². The number of rotatable bonds is 3. The Morgan fingerprint density at radius 2 is 1.79 bits per heavy atom. The molecule has 0 bridgehead atoms. The van der Waals surface area contributed by atoms with Crippen LogP contribution >= 0.6 is 11.6 Å². The Balaban J connectivity index is 1.29. The minimum Gasteiger partial charge on any atom is -0.444 e. The third kappa shape index (κ3) is 5.11. The van der Waals surface area contributed by atoms with E-state index in [9.17, 15) is 23.2 Å². The van der Waals surface area contributed by atoms with Gasteiger partial charge in [0.15, 0.2) is 22.7 Å². The van der Waals surface area contributed by atoms with Gasteiger partial charge in [0.05, 0.1) is 28.8 Å². The maximum absolute atomic E-state index is 14.4. The zero-order valence-electron chi connectivity index (χ0n) is 26.8. The summed E-state index contributed by atoms with van der Waals surface area (Å²) in [6.45, 7) is 11.8. The first kappa shape index (κ1) is 31.4. The number of fused-ring (bicyclic) bond motifs is 5. The van der Waals surface area contributed by atoms with E-state index in [2.05, 4.69) is 24.7 Å². The Morgan fingerprint density at radius 1 is 1.09 bits per heavy atom. The van der Waals surface area contributed by atoms with Crippen LogP contribution in [0.5, 0.6) is 11.5 Å². The molecule has 1 aliphatic carbocycles. The summed E-state index contributed by atoms with van der Waals surface area (Å²) in [5.74, 6) is -1.33. The van der Waals surface area contributed by atoms with Crippen molar-refractivity contribution in [3.63, 3.8) is 0 Å². The summed E-state index contributed by atoms with van der Waals surface area (Å²) in [6.07, 6.45) is -2.36. The molecule has 2 amide bonds. The number of nitrogens with one attached hydrogen (secondary N) is 1. The number of halogens is 3. The lowest BCUT2D eigenvalue weighted by molar-refractivity contribution is -0.286. The van der Waals surface area contributed by atoms with Crippen LogP contribution < -0.4 is 25.1 Å². The molecule has 0 spiro atoms. The van der Waals surface area contributed by atoms with Crippen LogP contribution in [0.2, 0.25) is 5.02 Å². The molecule has 1 aromatic carbocycles. The highest BCUT2D eigenvalue weighted by molar-refractivity contribution is 6.35. The lowest BCUT2D eigenvalue weighted by Gasteiger charge is -2.54. The molecule has 7 rings (SSSR count). The number of hydrogen-bond acceptors (Lipinski definition) is 9. The number of alkyl halides is 2. The highest BCUT2D eigenvalue weighted by Crippen LogP contribution is 2.49. The third-order valence-corrected chi connectivity index (χ3v) is 9.75. The van der Waals surface area contributed by atoms with Crippen molar-refractivity contribution in [3.05, 3.63) is 44.5 Å². The summed E-state index contributed by atoms with van der Waals surface area (Å²) in [6, 6.07) is 1.54. The number of nitrogens with zero attached hydrogens (tertiary/aromatic N) is 5. The molecule has 2 aromatic heterocycles. The quantitative estimate of drug-likeness (QED) is 0.375. The highest BCUT2D eigenvalue weighted by atomic mass is 35.5. The van der Waals surface area contributed by atoms with E-state index in [0.29, 0.717) is 42.3 Å². The van der Waals surface area contributed by atoms with Gasteiger partial charge < -0.3 is 33.9 Å². The van der Waals surface area contributed by atoms with Gasteiger partial charge in [-0.1, -0.05) is 18.5 Å².